The van der Waals surface area contributed by atoms with Crippen LogP contribution in [0.4, 0.5) is 8.78 Å². The Kier molecular flexibility index (Phi) is 6.77. The molecule has 2 aromatic rings. The van der Waals surface area contributed by atoms with E-state index in [0.717, 1.165) is 12.1 Å². The lowest BCUT2D eigenvalue weighted by Gasteiger charge is -2.19. The Morgan fingerprint density at radius 3 is 2.33 bits per heavy atom. The molecule has 1 amide bonds. The minimum Gasteiger partial charge on any atom is -0.391 e. The maximum absolute atomic E-state index is 13.5. The van der Waals surface area contributed by atoms with Crippen molar-refractivity contribution in [1.29, 1.82) is 0 Å². The Balaban J connectivity index is 2.12. The van der Waals surface area contributed by atoms with E-state index in [1.54, 1.807) is 0 Å². The highest BCUT2D eigenvalue weighted by atomic mass is 19.1. The molecule has 0 aliphatic carbocycles. The molecule has 0 unspecified atom stereocenters. The monoisotopic (exact) mass is 373 g/mol. The Morgan fingerprint density at radius 2 is 1.78 bits per heavy atom. The van der Waals surface area contributed by atoms with Gasteiger partial charge in [0, 0.05) is 17.2 Å². The van der Waals surface area contributed by atoms with Crippen molar-refractivity contribution in [3.63, 3.8) is 0 Å². The van der Waals surface area contributed by atoms with Crippen molar-refractivity contribution in [2.75, 3.05) is 6.61 Å². The first-order valence-corrected chi connectivity index (χ1v) is 8.01. The fourth-order valence-corrected chi connectivity index (χ4v) is 2.23. The topological polar surface area (TPSA) is 86.6 Å². The summed E-state index contributed by atoms with van der Waals surface area (Å²) in [5, 5.41) is 20.8. The lowest BCUT2D eigenvalue weighted by Crippen LogP contribution is -2.48. The van der Waals surface area contributed by atoms with Crippen LogP contribution in [0.15, 0.2) is 42.5 Å². The quantitative estimate of drug-likeness (QED) is 0.692. The van der Waals surface area contributed by atoms with Gasteiger partial charge in [0.15, 0.2) is 5.78 Å². The number of hydrogen-bond donors (Lipinski definition) is 3. The number of rotatable bonds is 5. The molecular formula is C20H17F2NO4. The number of aliphatic hydroxyl groups is 2. The molecule has 0 saturated heterocycles. The number of halogens is 2. The van der Waals surface area contributed by atoms with Crippen molar-refractivity contribution in [1.82, 2.24) is 5.32 Å². The van der Waals surface area contributed by atoms with Crippen molar-refractivity contribution in [3.8, 4) is 11.8 Å². The molecule has 2 aromatic carbocycles. The molecule has 0 aromatic heterocycles. The van der Waals surface area contributed by atoms with E-state index in [0.29, 0.717) is 5.56 Å². The van der Waals surface area contributed by atoms with E-state index < -0.39 is 42.1 Å². The number of carbonyl (C=O) groups is 2. The van der Waals surface area contributed by atoms with Gasteiger partial charge < -0.3 is 15.5 Å². The second kappa shape index (κ2) is 9.03. The van der Waals surface area contributed by atoms with Crippen LogP contribution in [0.5, 0.6) is 0 Å². The van der Waals surface area contributed by atoms with Crippen LogP contribution < -0.4 is 5.32 Å². The number of Topliss-reactive ketones (excluding diaryl/α,β-unsaturated/α-hetero) is 1. The zero-order chi connectivity index (χ0) is 20.0. The molecule has 0 radical (unpaired) electrons. The highest BCUT2D eigenvalue weighted by Crippen LogP contribution is 2.09. The maximum atomic E-state index is 13.5. The van der Waals surface area contributed by atoms with E-state index in [4.69, 9.17) is 5.11 Å². The summed E-state index contributed by atoms with van der Waals surface area (Å²) < 4.78 is 26.4. The van der Waals surface area contributed by atoms with Crippen LogP contribution in [0.3, 0.4) is 0 Å². The van der Waals surface area contributed by atoms with Crippen molar-refractivity contribution in [2.24, 2.45) is 0 Å². The predicted molar refractivity (Wildman–Crippen MR) is 93.8 cm³/mol. The molecule has 7 heteroatoms. The Bertz CT molecular complexity index is 898. The minimum absolute atomic E-state index is 0.0421. The zero-order valence-electron chi connectivity index (χ0n) is 14.4. The largest absolute Gasteiger partial charge is 0.391 e. The lowest BCUT2D eigenvalue weighted by molar-refractivity contribution is -0.125. The number of ketones is 1. The molecule has 0 bridgehead atoms. The van der Waals surface area contributed by atoms with Gasteiger partial charge in [0.05, 0.1) is 11.7 Å². The normalized spacial score (nSPS) is 12.5. The summed E-state index contributed by atoms with van der Waals surface area (Å²) in [7, 11) is 0. The Morgan fingerprint density at radius 1 is 1.11 bits per heavy atom. The molecular weight excluding hydrogens is 356 g/mol. The number of hydrogen-bond acceptors (Lipinski definition) is 4. The fraction of sp³-hybridized carbons (Fsp3) is 0.200. The first-order valence-electron chi connectivity index (χ1n) is 8.01. The van der Waals surface area contributed by atoms with Gasteiger partial charge in [-0.1, -0.05) is 11.8 Å². The summed E-state index contributed by atoms with van der Waals surface area (Å²) in [6, 6.07) is 7.79. The first kappa shape index (κ1) is 20.2. The summed E-state index contributed by atoms with van der Waals surface area (Å²) in [5.41, 5.74) is 0.749. The molecule has 0 fully saturated rings. The maximum Gasteiger partial charge on any atom is 0.251 e. The highest BCUT2D eigenvalue weighted by molar-refractivity contribution is 5.98. The molecule has 0 spiro atoms. The minimum atomic E-state index is -1.22. The smallest absolute Gasteiger partial charge is 0.251 e. The van der Waals surface area contributed by atoms with Crippen LogP contribution in [0.25, 0.3) is 0 Å². The van der Waals surface area contributed by atoms with E-state index in [-0.39, 0.29) is 11.1 Å². The van der Waals surface area contributed by atoms with Gasteiger partial charge in [0.1, 0.15) is 24.3 Å². The van der Waals surface area contributed by atoms with Gasteiger partial charge in [0.2, 0.25) is 0 Å². The standard InChI is InChI=1S/C20H17F2NO4/c1-12(25)19(18(26)11-24)23-20(27)15-6-3-13(4-7-15)2-5-14-8-9-16(21)10-17(14)22/h3-4,6-10,12,19,24-25H,11H2,1H3,(H,23,27)/t12-,19-/m0/s1. The molecule has 0 saturated carbocycles. The molecule has 0 heterocycles. The number of carbonyl (C=O) groups excluding carboxylic acids is 2. The third kappa shape index (κ3) is 5.45. The van der Waals surface area contributed by atoms with Gasteiger partial charge in [-0.3, -0.25) is 9.59 Å². The number of nitrogens with one attached hydrogen (secondary N) is 1. The fourth-order valence-electron chi connectivity index (χ4n) is 2.23. The number of benzene rings is 2. The average Bonchev–Trinajstić information content (AvgIpc) is 2.64. The van der Waals surface area contributed by atoms with Gasteiger partial charge in [-0.05, 0) is 43.3 Å². The van der Waals surface area contributed by atoms with E-state index in [1.165, 1.54) is 37.3 Å². The number of aliphatic hydroxyl groups excluding tert-OH is 2. The van der Waals surface area contributed by atoms with Crippen molar-refractivity contribution >= 4 is 11.7 Å². The van der Waals surface area contributed by atoms with Crippen molar-refractivity contribution < 1.29 is 28.6 Å². The second-order valence-electron chi connectivity index (χ2n) is 5.77. The van der Waals surface area contributed by atoms with Crippen molar-refractivity contribution in [2.45, 2.75) is 19.1 Å². The van der Waals surface area contributed by atoms with E-state index in [1.807, 2.05) is 0 Å². The molecule has 2 rings (SSSR count). The predicted octanol–water partition coefficient (Wildman–Crippen LogP) is 1.41. The van der Waals surface area contributed by atoms with Crippen LogP contribution in [-0.2, 0) is 4.79 Å². The Labute approximate surface area is 154 Å². The molecule has 2 atom stereocenters. The average molecular weight is 373 g/mol. The van der Waals surface area contributed by atoms with E-state index in [9.17, 15) is 23.5 Å². The third-order valence-corrected chi connectivity index (χ3v) is 3.69. The van der Waals surface area contributed by atoms with Crippen LogP contribution >= 0.6 is 0 Å². The van der Waals surface area contributed by atoms with Crippen molar-refractivity contribution in [3.05, 3.63) is 70.8 Å². The summed E-state index contributed by atoms with van der Waals surface area (Å²) >= 11 is 0. The lowest BCUT2D eigenvalue weighted by atomic mass is 10.1. The van der Waals surface area contributed by atoms with Crippen LogP contribution in [0.1, 0.15) is 28.4 Å². The second-order valence-corrected chi connectivity index (χ2v) is 5.77. The number of amides is 1. The zero-order valence-corrected chi connectivity index (χ0v) is 14.4. The summed E-state index contributed by atoms with van der Waals surface area (Å²) in [4.78, 5) is 23.7. The summed E-state index contributed by atoms with van der Waals surface area (Å²) in [5.74, 6) is 2.51. The Hall–Kier alpha value is -3.08. The van der Waals surface area contributed by atoms with Gasteiger partial charge in [-0.25, -0.2) is 8.78 Å². The first-order chi connectivity index (χ1) is 12.8. The van der Waals surface area contributed by atoms with Gasteiger partial charge in [-0.15, -0.1) is 0 Å². The van der Waals surface area contributed by atoms with Crippen LogP contribution in [0, 0.1) is 23.5 Å². The van der Waals surface area contributed by atoms with Crippen LogP contribution in [-0.4, -0.2) is 40.7 Å². The van der Waals surface area contributed by atoms with Crippen LogP contribution in [0.2, 0.25) is 0 Å². The third-order valence-electron chi connectivity index (χ3n) is 3.69. The highest BCUT2D eigenvalue weighted by Gasteiger charge is 2.25. The van der Waals surface area contributed by atoms with Gasteiger partial charge in [-0.2, -0.15) is 0 Å². The SMILES string of the molecule is C[C@H](O)[C@H](NC(=O)c1ccc(C#Cc2ccc(F)cc2F)cc1)C(=O)CO. The summed E-state index contributed by atoms with van der Waals surface area (Å²) in [6.07, 6.45) is -1.16. The molecule has 140 valence electrons. The van der Waals surface area contributed by atoms with E-state index >= 15 is 0 Å². The molecule has 0 aliphatic rings. The molecule has 5 nitrogen and oxygen atoms in total. The van der Waals surface area contributed by atoms with E-state index in [2.05, 4.69) is 17.2 Å². The molecule has 3 N–H and O–H groups in total. The van der Waals surface area contributed by atoms with Gasteiger partial charge in [0.25, 0.3) is 5.91 Å². The summed E-state index contributed by atoms with van der Waals surface area (Å²) in [6.45, 7) is 0.524. The molecule has 27 heavy (non-hydrogen) atoms. The molecule has 0 aliphatic heterocycles. The van der Waals surface area contributed by atoms with Gasteiger partial charge >= 0.3 is 0 Å².